The van der Waals surface area contributed by atoms with Crippen molar-refractivity contribution in [3.8, 4) is 0 Å². The number of alkyl carbamates (subject to hydrolysis) is 1. The number of amides is 4. The summed E-state index contributed by atoms with van der Waals surface area (Å²) >= 11 is 1.44. The molecule has 1 unspecified atom stereocenters. The average Bonchev–Trinajstić information content (AvgIpc) is 3.80. The SMILES string of the molecule is CC(C)(C)OC(=O)NC(C)(C)C(=O)N[C@H](CCCc1ccccc1)C(=O)Nc1cn(SCC(C(=O)N2CCCC2)c2ccc3ccccc3c2)cn1. The molecule has 1 aliphatic rings. The molecule has 276 valence electrons. The van der Waals surface area contributed by atoms with E-state index in [9.17, 15) is 19.2 Å². The first-order chi connectivity index (χ1) is 24.8. The Morgan fingerprint density at radius 3 is 2.31 bits per heavy atom. The predicted octanol–water partition coefficient (Wildman–Crippen LogP) is 6.69. The van der Waals surface area contributed by atoms with Crippen molar-refractivity contribution in [2.24, 2.45) is 0 Å². The van der Waals surface area contributed by atoms with Crippen LogP contribution in [0.3, 0.4) is 0 Å². The summed E-state index contributed by atoms with van der Waals surface area (Å²) < 4.78 is 7.13. The van der Waals surface area contributed by atoms with Crippen LogP contribution in [-0.2, 0) is 25.5 Å². The maximum Gasteiger partial charge on any atom is 0.408 e. The molecule has 3 aromatic carbocycles. The number of nitrogens with zero attached hydrogens (tertiary/aromatic N) is 3. The van der Waals surface area contributed by atoms with Gasteiger partial charge in [0.25, 0.3) is 0 Å². The van der Waals surface area contributed by atoms with E-state index in [0.29, 0.717) is 24.4 Å². The lowest BCUT2D eigenvalue weighted by atomic mass is 9.96. The highest BCUT2D eigenvalue weighted by Gasteiger charge is 2.34. The Hall–Kier alpha value is -4.84. The van der Waals surface area contributed by atoms with E-state index in [1.807, 2.05) is 53.4 Å². The first kappa shape index (κ1) is 38.4. The van der Waals surface area contributed by atoms with Gasteiger partial charge in [0, 0.05) is 18.8 Å². The molecule has 0 aliphatic carbocycles. The van der Waals surface area contributed by atoms with Crippen molar-refractivity contribution in [1.82, 2.24) is 24.5 Å². The first-order valence-electron chi connectivity index (χ1n) is 17.9. The van der Waals surface area contributed by atoms with Gasteiger partial charge in [0.1, 0.15) is 23.5 Å². The summed E-state index contributed by atoms with van der Waals surface area (Å²) in [6.45, 7) is 9.88. The highest BCUT2D eigenvalue weighted by atomic mass is 32.2. The molecule has 0 saturated carbocycles. The molecule has 2 atom stereocenters. The van der Waals surface area contributed by atoms with Crippen molar-refractivity contribution in [3.05, 3.63) is 96.4 Å². The van der Waals surface area contributed by atoms with Crippen LogP contribution < -0.4 is 16.0 Å². The molecule has 4 aromatic rings. The fraction of sp³-hybridized carbons (Fsp3) is 0.425. The molecule has 2 heterocycles. The van der Waals surface area contributed by atoms with Crippen LogP contribution in [0.5, 0.6) is 0 Å². The van der Waals surface area contributed by atoms with Gasteiger partial charge in [0.05, 0.1) is 12.1 Å². The van der Waals surface area contributed by atoms with Crippen LogP contribution in [0.15, 0.2) is 85.3 Å². The number of imidazole rings is 1. The number of carbonyl (C=O) groups excluding carboxylic acids is 4. The van der Waals surface area contributed by atoms with E-state index in [2.05, 4.69) is 45.2 Å². The molecule has 52 heavy (non-hydrogen) atoms. The monoisotopic (exact) mass is 726 g/mol. The number of carbonyl (C=O) groups is 4. The number of hydrogen-bond acceptors (Lipinski definition) is 7. The predicted molar refractivity (Wildman–Crippen MR) is 206 cm³/mol. The van der Waals surface area contributed by atoms with Crippen molar-refractivity contribution in [3.63, 3.8) is 0 Å². The number of aromatic nitrogens is 2. The van der Waals surface area contributed by atoms with E-state index < -0.39 is 35.1 Å². The van der Waals surface area contributed by atoms with E-state index in [4.69, 9.17) is 4.74 Å². The lowest BCUT2D eigenvalue weighted by Crippen LogP contribution is -2.58. The molecule has 0 spiro atoms. The molecule has 1 aliphatic heterocycles. The largest absolute Gasteiger partial charge is 0.444 e. The van der Waals surface area contributed by atoms with Crippen LogP contribution in [0.1, 0.15) is 77.3 Å². The van der Waals surface area contributed by atoms with Gasteiger partial charge in [-0.2, -0.15) is 0 Å². The fourth-order valence-electron chi connectivity index (χ4n) is 6.09. The molecule has 1 saturated heterocycles. The van der Waals surface area contributed by atoms with E-state index in [1.165, 1.54) is 11.9 Å². The van der Waals surface area contributed by atoms with Gasteiger partial charge in [0.15, 0.2) is 5.82 Å². The van der Waals surface area contributed by atoms with Gasteiger partial charge in [0.2, 0.25) is 17.7 Å². The number of benzene rings is 3. The third kappa shape index (κ3) is 10.8. The Morgan fingerprint density at radius 2 is 1.60 bits per heavy atom. The first-order valence-corrected chi connectivity index (χ1v) is 18.8. The van der Waals surface area contributed by atoms with Crippen LogP contribution in [0, 0.1) is 0 Å². The number of anilines is 1. The minimum absolute atomic E-state index is 0.118. The maximum absolute atomic E-state index is 13.8. The van der Waals surface area contributed by atoms with Crippen molar-refractivity contribution in [2.45, 2.75) is 89.8 Å². The standard InChI is InChI=1S/C40H50N6O5S/c1-39(2,3)51-38(50)44-40(4,5)37(49)42-33(19-13-16-28-14-7-6-8-15-28)35(47)43-34-25-46(27-41-34)52-26-32(36(48)45-22-11-12-23-45)31-21-20-29-17-9-10-18-30(29)24-31/h6-10,14-15,17-18,20-21,24-25,27,32-33H,11-13,16,19,22-23,26H2,1-5H3,(H,42,49)(H,43,47)(H,44,50)/t32?,33-/m1/s1. The number of aryl methyl sites for hydroxylation is 1. The maximum atomic E-state index is 13.8. The number of rotatable bonds is 14. The van der Waals surface area contributed by atoms with Crippen LogP contribution >= 0.6 is 11.9 Å². The van der Waals surface area contributed by atoms with E-state index in [0.717, 1.165) is 54.3 Å². The molecule has 11 nitrogen and oxygen atoms in total. The highest BCUT2D eigenvalue weighted by Crippen LogP contribution is 2.29. The van der Waals surface area contributed by atoms with Gasteiger partial charge < -0.3 is 25.6 Å². The van der Waals surface area contributed by atoms with Gasteiger partial charge in [-0.15, -0.1) is 0 Å². The second-order valence-corrected chi connectivity index (χ2v) is 15.8. The Morgan fingerprint density at radius 1 is 0.904 bits per heavy atom. The van der Waals surface area contributed by atoms with Crippen molar-refractivity contribution in [1.29, 1.82) is 0 Å². The fourth-order valence-corrected chi connectivity index (χ4v) is 7.03. The molecule has 1 fully saturated rings. The summed E-state index contributed by atoms with van der Waals surface area (Å²) in [6.07, 6.45) is 6.32. The summed E-state index contributed by atoms with van der Waals surface area (Å²) in [7, 11) is 0. The number of fused-ring (bicyclic) bond motifs is 1. The van der Waals surface area contributed by atoms with Crippen LogP contribution in [0.25, 0.3) is 10.8 Å². The molecule has 5 rings (SSSR count). The van der Waals surface area contributed by atoms with Crippen LogP contribution in [-0.4, -0.2) is 73.7 Å². The molecule has 0 bridgehead atoms. The van der Waals surface area contributed by atoms with Gasteiger partial charge in [-0.25, -0.2) is 9.78 Å². The van der Waals surface area contributed by atoms with Crippen LogP contribution in [0.4, 0.5) is 10.6 Å². The number of hydrogen-bond donors (Lipinski definition) is 3. The summed E-state index contributed by atoms with van der Waals surface area (Å²) in [6, 6.07) is 23.4. The number of likely N-dealkylation sites (tertiary alicyclic amines) is 1. The Bertz CT molecular complexity index is 1850. The lowest BCUT2D eigenvalue weighted by molar-refractivity contribution is -0.131. The van der Waals surface area contributed by atoms with E-state index in [-0.39, 0.29) is 11.8 Å². The third-order valence-corrected chi connectivity index (χ3v) is 9.88. The molecular weight excluding hydrogens is 677 g/mol. The van der Waals surface area contributed by atoms with Gasteiger partial charge in [-0.05, 0) is 101 Å². The summed E-state index contributed by atoms with van der Waals surface area (Å²) in [5.41, 5.74) is 0.00161. The van der Waals surface area contributed by atoms with Crippen molar-refractivity contribution < 1.29 is 23.9 Å². The Balaban J connectivity index is 1.26. The van der Waals surface area contributed by atoms with E-state index in [1.54, 1.807) is 51.1 Å². The molecule has 4 amide bonds. The number of ether oxygens (including phenoxy) is 1. The molecule has 1 aromatic heterocycles. The minimum Gasteiger partial charge on any atom is -0.444 e. The zero-order valence-corrected chi connectivity index (χ0v) is 31.5. The molecule has 12 heteroatoms. The molecular formula is C40H50N6O5S. The topological polar surface area (TPSA) is 135 Å². The minimum atomic E-state index is -1.35. The lowest BCUT2D eigenvalue weighted by Gasteiger charge is -2.29. The van der Waals surface area contributed by atoms with Gasteiger partial charge >= 0.3 is 6.09 Å². The quantitative estimate of drug-likeness (QED) is 0.132. The highest BCUT2D eigenvalue weighted by molar-refractivity contribution is 7.97. The number of nitrogens with one attached hydrogen (secondary N) is 3. The Kier molecular flexibility index (Phi) is 12.6. The second kappa shape index (κ2) is 17.1. The van der Waals surface area contributed by atoms with E-state index >= 15 is 0 Å². The summed E-state index contributed by atoms with van der Waals surface area (Å²) in [5, 5.41) is 10.5. The molecule has 0 radical (unpaired) electrons. The third-order valence-electron chi connectivity index (χ3n) is 8.90. The summed E-state index contributed by atoms with van der Waals surface area (Å²) in [5.74, 6) is -0.388. The van der Waals surface area contributed by atoms with Crippen molar-refractivity contribution >= 4 is 52.4 Å². The second-order valence-electron chi connectivity index (χ2n) is 14.8. The zero-order chi connectivity index (χ0) is 37.3. The normalized spacial score (nSPS) is 14.4. The smallest absolute Gasteiger partial charge is 0.408 e. The Labute approximate surface area is 310 Å². The van der Waals surface area contributed by atoms with Crippen LogP contribution in [0.2, 0.25) is 0 Å². The average molecular weight is 727 g/mol. The van der Waals surface area contributed by atoms with Gasteiger partial charge in [-0.3, -0.25) is 18.4 Å². The van der Waals surface area contributed by atoms with Crippen molar-refractivity contribution in [2.75, 3.05) is 24.2 Å². The zero-order valence-electron chi connectivity index (χ0n) is 30.7. The summed E-state index contributed by atoms with van der Waals surface area (Å²) in [4.78, 5) is 59.7. The van der Waals surface area contributed by atoms with Gasteiger partial charge in [-0.1, -0.05) is 72.8 Å². The molecule has 3 N–H and O–H groups in total.